The van der Waals surface area contributed by atoms with Gasteiger partial charge in [-0.15, -0.1) is 0 Å². The highest BCUT2D eigenvalue weighted by Gasteiger charge is 2.28. The van der Waals surface area contributed by atoms with E-state index in [2.05, 4.69) is 0 Å². The molecule has 0 bridgehead atoms. The molecule has 0 aliphatic heterocycles. The van der Waals surface area contributed by atoms with Crippen LogP contribution in [0, 0.1) is 0 Å². The molecule has 0 spiro atoms. The van der Waals surface area contributed by atoms with Gasteiger partial charge < -0.3 is 10.8 Å². The van der Waals surface area contributed by atoms with Gasteiger partial charge in [0, 0.05) is 5.92 Å². The molecule has 1 fully saturated rings. The van der Waals surface area contributed by atoms with E-state index in [1.165, 1.54) is 0 Å². The van der Waals surface area contributed by atoms with Crippen molar-refractivity contribution in [3.63, 3.8) is 0 Å². The lowest BCUT2D eigenvalue weighted by Gasteiger charge is -2.18. The van der Waals surface area contributed by atoms with Crippen LogP contribution in [0.2, 0.25) is 0 Å². The number of aliphatic hydroxyl groups is 1. The maximum atomic E-state index is 11.0. The monoisotopic (exact) mass is 219 g/mol. The number of rotatable bonds is 3. The van der Waals surface area contributed by atoms with Crippen molar-refractivity contribution in [2.24, 2.45) is 5.73 Å². The second kappa shape index (κ2) is 4.66. The van der Waals surface area contributed by atoms with Crippen LogP contribution in [0.4, 0.5) is 0 Å². The summed E-state index contributed by atoms with van der Waals surface area (Å²) in [6.07, 6.45) is 2.90. The molecule has 0 radical (unpaired) electrons. The topological polar surface area (TPSA) is 63.3 Å². The van der Waals surface area contributed by atoms with Crippen LogP contribution in [-0.2, 0) is 11.2 Å². The maximum Gasteiger partial charge on any atom is 0.221 e. The van der Waals surface area contributed by atoms with Crippen LogP contribution in [-0.4, -0.2) is 17.1 Å². The van der Waals surface area contributed by atoms with Crippen LogP contribution in [0.3, 0.4) is 0 Å². The van der Waals surface area contributed by atoms with E-state index in [0.29, 0.717) is 0 Å². The van der Waals surface area contributed by atoms with E-state index in [0.717, 1.165) is 30.4 Å². The molecule has 16 heavy (non-hydrogen) atoms. The summed E-state index contributed by atoms with van der Waals surface area (Å²) >= 11 is 0. The van der Waals surface area contributed by atoms with Gasteiger partial charge >= 0.3 is 0 Å². The number of primary amides is 1. The first-order chi connectivity index (χ1) is 7.68. The molecule has 2 atom stereocenters. The van der Waals surface area contributed by atoms with Gasteiger partial charge in [0.1, 0.15) is 0 Å². The number of carbonyl (C=O) groups is 1. The molecule has 86 valence electrons. The van der Waals surface area contributed by atoms with Crippen molar-refractivity contribution in [1.82, 2.24) is 0 Å². The molecular weight excluding hydrogens is 202 g/mol. The van der Waals surface area contributed by atoms with Gasteiger partial charge in [0.2, 0.25) is 5.91 Å². The Hall–Kier alpha value is -1.35. The zero-order valence-corrected chi connectivity index (χ0v) is 9.23. The van der Waals surface area contributed by atoms with Gasteiger partial charge in [0.25, 0.3) is 0 Å². The van der Waals surface area contributed by atoms with Gasteiger partial charge in [-0.1, -0.05) is 30.7 Å². The van der Waals surface area contributed by atoms with Gasteiger partial charge in [-0.2, -0.15) is 0 Å². The molecule has 1 amide bonds. The molecule has 2 unspecified atom stereocenters. The highest BCUT2D eigenvalue weighted by atomic mass is 16.3. The summed E-state index contributed by atoms with van der Waals surface area (Å²) in [7, 11) is 0. The first kappa shape index (κ1) is 11.1. The minimum atomic E-state index is -0.320. The molecule has 1 aromatic rings. The minimum absolute atomic E-state index is 0.176. The molecular formula is C13H17NO2. The van der Waals surface area contributed by atoms with Crippen LogP contribution in [0.25, 0.3) is 0 Å². The molecule has 2 rings (SSSR count). The molecule has 1 aromatic carbocycles. The van der Waals surface area contributed by atoms with Gasteiger partial charge in [-0.25, -0.2) is 0 Å². The molecule has 3 nitrogen and oxygen atoms in total. The molecule has 0 saturated heterocycles. The molecule has 0 heterocycles. The number of carbonyl (C=O) groups excluding carboxylic acids is 1. The van der Waals surface area contributed by atoms with Gasteiger partial charge in [-0.3, -0.25) is 4.79 Å². The standard InChI is InChI=1S/C13H17NO2/c14-13(16)8-9-4-1-2-5-10(9)11-6-3-7-12(11)15/h1-2,4-5,11-12,15H,3,6-8H2,(H2,14,16). The van der Waals surface area contributed by atoms with Crippen molar-refractivity contribution in [1.29, 1.82) is 0 Å². The Morgan fingerprint density at radius 2 is 2.12 bits per heavy atom. The van der Waals surface area contributed by atoms with Crippen molar-refractivity contribution in [3.05, 3.63) is 35.4 Å². The van der Waals surface area contributed by atoms with E-state index in [-0.39, 0.29) is 24.3 Å². The number of aliphatic hydroxyl groups excluding tert-OH is 1. The average Bonchev–Trinajstić information content (AvgIpc) is 2.64. The fraction of sp³-hybridized carbons (Fsp3) is 0.462. The second-order valence-electron chi connectivity index (χ2n) is 4.45. The molecule has 0 aromatic heterocycles. The number of hydrogen-bond donors (Lipinski definition) is 2. The molecule has 1 saturated carbocycles. The summed E-state index contributed by atoms with van der Waals surface area (Å²) in [4.78, 5) is 11.0. The normalized spacial score (nSPS) is 24.6. The number of benzene rings is 1. The zero-order valence-electron chi connectivity index (χ0n) is 9.23. The Kier molecular flexibility index (Phi) is 3.25. The predicted octanol–water partition coefficient (Wildman–Crippen LogP) is 1.34. The van der Waals surface area contributed by atoms with Crippen molar-refractivity contribution in [3.8, 4) is 0 Å². The van der Waals surface area contributed by atoms with Crippen molar-refractivity contribution in [2.45, 2.75) is 37.7 Å². The summed E-state index contributed by atoms with van der Waals surface area (Å²) in [5.74, 6) is -0.143. The Labute approximate surface area is 95.3 Å². The first-order valence-corrected chi connectivity index (χ1v) is 5.72. The van der Waals surface area contributed by atoms with Crippen LogP contribution < -0.4 is 5.73 Å². The van der Waals surface area contributed by atoms with Gasteiger partial charge in [0.15, 0.2) is 0 Å². The highest BCUT2D eigenvalue weighted by molar-refractivity contribution is 5.77. The minimum Gasteiger partial charge on any atom is -0.392 e. The lowest BCUT2D eigenvalue weighted by Crippen LogP contribution is -2.18. The molecule has 1 aliphatic rings. The van der Waals surface area contributed by atoms with Gasteiger partial charge in [0.05, 0.1) is 12.5 Å². The van der Waals surface area contributed by atoms with Gasteiger partial charge in [-0.05, 0) is 24.0 Å². The van der Waals surface area contributed by atoms with E-state index < -0.39 is 0 Å². The van der Waals surface area contributed by atoms with Crippen LogP contribution in [0.5, 0.6) is 0 Å². The largest absolute Gasteiger partial charge is 0.392 e. The van der Waals surface area contributed by atoms with Crippen LogP contribution in [0.15, 0.2) is 24.3 Å². The van der Waals surface area contributed by atoms with E-state index in [1.807, 2.05) is 24.3 Å². The SMILES string of the molecule is NC(=O)Cc1ccccc1C1CCCC1O. The lowest BCUT2D eigenvalue weighted by atomic mass is 9.90. The fourth-order valence-electron chi connectivity index (χ4n) is 2.55. The van der Waals surface area contributed by atoms with E-state index in [9.17, 15) is 9.90 Å². The Bertz CT molecular complexity index is 389. The highest BCUT2D eigenvalue weighted by Crippen LogP contribution is 2.36. The summed E-state index contributed by atoms with van der Waals surface area (Å²) < 4.78 is 0. The summed E-state index contributed by atoms with van der Waals surface area (Å²) in [5.41, 5.74) is 7.27. The molecule has 3 N–H and O–H groups in total. The van der Waals surface area contributed by atoms with E-state index >= 15 is 0 Å². The second-order valence-corrected chi connectivity index (χ2v) is 4.45. The number of hydrogen-bond acceptors (Lipinski definition) is 2. The summed E-state index contributed by atoms with van der Waals surface area (Å²) in [5, 5.41) is 9.88. The van der Waals surface area contributed by atoms with Crippen molar-refractivity contribution in [2.75, 3.05) is 0 Å². The quantitative estimate of drug-likeness (QED) is 0.805. The number of amides is 1. The molecule has 1 aliphatic carbocycles. The Balaban J connectivity index is 2.28. The zero-order chi connectivity index (χ0) is 11.5. The fourth-order valence-corrected chi connectivity index (χ4v) is 2.55. The van der Waals surface area contributed by atoms with Crippen molar-refractivity contribution >= 4 is 5.91 Å². The van der Waals surface area contributed by atoms with Crippen molar-refractivity contribution < 1.29 is 9.90 Å². The Morgan fingerprint density at radius 3 is 2.75 bits per heavy atom. The number of nitrogens with two attached hydrogens (primary N) is 1. The third kappa shape index (κ3) is 2.25. The first-order valence-electron chi connectivity index (χ1n) is 5.72. The van der Waals surface area contributed by atoms with E-state index in [1.54, 1.807) is 0 Å². The third-order valence-electron chi connectivity index (χ3n) is 3.30. The third-order valence-corrected chi connectivity index (χ3v) is 3.30. The molecule has 3 heteroatoms. The lowest BCUT2D eigenvalue weighted by molar-refractivity contribution is -0.117. The Morgan fingerprint density at radius 1 is 1.38 bits per heavy atom. The smallest absolute Gasteiger partial charge is 0.221 e. The average molecular weight is 219 g/mol. The summed E-state index contributed by atoms with van der Waals surface area (Å²) in [6.45, 7) is 0. The predicted molar refractivity (Wildman–Crippen MR) is 61.9 cm³/mol. The van der Waals surface area contributed by atoms with Crippen LogP contribution in [0.1, 0.15) is 36.3 Å². The maximum absolute atomic E-state index is 11.0. The van der Waals surface area contributed by atoms with Crippen LogP contribution >= 0.6 is 0 Å². The summed E-state index contributed by atoms with van der Waals surface area (Å²) in [6, 6.07) is 7.77. The van der Waals surface area contributed by atoms with E-state index in [4.69, 9.17) is 5.73 Å².